The highest BCUT2D eigenvalue weighted by molar-refractivity contribution is 7.92. The standard InChI is InChI=1S/C31H39N3O4S/c1-6-25(5)32-31(36)29(7-2)33(21-26-14-10-8-11-15-26)30(35)22-34(27-19-23(3)18-24(4)20-27)39(37,38)28-16-12-9-13-17-28/h8-20,25,29H,6-7,21-22H2,1-5H3,(H,32,36)/t25-,29-/m0/s1. The summed E-state index contributed by atoms with van der Waals surface area (Å²) in [7, 11) is -4.08. The number of carbonyl (C=O) groups excluding carboxylic acids is 2. The molecular formula is C31H39N3O4S. The molecule has 0 spiro atoms. The molecule has 3 aromatic carbocycles. The number of nitrogens with one attached hydrogen (secondary N) is 1. The van der Waals surface area contributed by atoms with Crippen molar-refractivity contribution in [3.05, 3.63) is 95.6 Å². The van der Waals surface area contributed by atoms with Crippen LogP contribution in [-0.4, -0.2) is 43.8 Å². The molecule has 0 aliphatic heterocycles. The van der Waals surface area contributed by atoms with Gasteiger partial charge in [-0.25, -0.2) is 8.42 Å². The van der Waals surface area contributed by atoms with Crippen molar-refractivity contribution in [3.8, 4) is 0 Å². The lowest BCUT2D eigenvalue weighted by Gasteiger charge is -2.34. The van der Waals surface area contributed by atoms with Crippen LogP contribution in [0.25, 0.3) is 0 Å². The first-order valence-corrected chi connectivity index (χ1v) is 14.8. The number of anilines is 1. The van der Waals surface area contributed by atoms with Crippen molar-refractivity contribution in [1.29, 1.82) is 0 Å². The first-order chi connectivity index (χ1) is 18.6. The van der Waals surface area contributed by atoms with Crippen molar-refractivity contribution < 1.29 is 18.0 Å². The Morgan fingerprint density at radius 2 is 1.41 bits per heavy atom. The Hall–Kier alpha value is -3.65. The predicted molar refractivity (Wildman–Crippen MR) is 156 cm³/mol. The van der Waals surface area contributed by atoms with E-state index in [4.69, 9.17) is 0 Å². The SMILES string of the molecule is CC[C@H](C)NC(=O)[C@H](CC)N(Cc1ccccc1)C(=O)CN(c1cc(C)cc(C)c1)S(=O)(=O)c1ccccc1. The second-order valence-corrected chi connectivity index (χ2v) is 11.8. The summed E-state index contributed by atoms with van der Waals surface area (Å²) in [5.41, 5.74) is 3.02. The van der Waals surface area contributed by atoms with Crippen molar-refractivity contribution in [3.63, 3.8) is 0 Å². The van der Waals surface area contributed by atoms with Crippen molar-refractivity contribution in [1.82, 2.24) is 10.2 Å². The monoisotopic (exact) mass is 549 g/mol. The quantitative estimate of drug-likeness (QED) is 0.336. The van der Waals surface area contributed by atoms with Crippen molar-refractivity contribution in [2.24, 2.45) is 0 Å². The van der Waals surface area contributed by atoms with E-state index in [0.29, 0.717) is 12.1 Å². The second kappa shape index (κ2) is 13.4. The summed E-state index contributed by atoms with van der Waals surface area (Å²) in [5, 5.41) is 2.99. The highest BCUT2D eigenvalue weighted by atomic mass is 32.2. The van der Waals surface area contributed by atoms with Crippen molar-refractivity contribution >= 4 is 27.5 Å². The fourth-order valence-corrected chi connectivity index (χ4v) is 5.90. The van der Waals surface area contributed by atoms with Gasteiger partial charge in [0.1, 0.15) is 12.6 Å². The molecule has 0 bridgehead atoms. The fraction of sp³-hybridized carbons (Fsp3) is 0.355. The van der Waals surface area contributed by atoms with Crippen LogP contribution >= 0.6 is 0 Å². The molecule has 0 aromatic heterocycles. The normalized spacial score (nSPS) is 12.8. The zero-order valence-electron chi connectivity index (χ0n) is 23.4. The maximum Gasteiger partial charge on any atom is 0.264 e. The van der Waals surface area contributed by atoms with Crippen LogP contribution in [0.4, 0.5) is 5.69 Å². The van der Waals surface area contributed by atoms with Gasteiger partial charge in [-0.3, -0.25) is 13.9 Å². The molecule has 2 atom stereocenters. The highest BCUT2D eigenvalue weighted by Gasteiger charge is 2.34. The van der Waals surface area contributed by atoms with Gasteiger partial charge in [-0.2, -0.15) is 0 Å². The van der Waals surface area contributed by atoms with Gasteiger partial charge >= 0.3 is 0 Å². The summed E-state index contributed by atoms with van der Waals surface area (Å²) in [6.45, 7) is 9.27. The summed E-state index contributed by atoms with van der Waals surface area (Å²) < 4.78 is 29.0. The van der Waals surface area contributed by atoms with Crippen LogP contribution in [-0.2, 0) is 26.2 Å². The minimum atomic E-state index is -4.08. The van der Waals surface area contributed by atoms with E-state index < -0.39 is 28.5 Å². The molecule has 3 rings (SSSR count). The number of sulfonamides is 1. The minimum Gasteiger partial charge on any atom is -0.352 e. The third-order valence-corrected chi connectivity index (χ3v) is 8.48. The Kier molecular flexibility index (Phi) is 10.3. The molecule has 39 heavy (non-hydrogen) atoms. The van der Waals surface area contributed by atoms with Crippen molar-refractivity contribution in [2.75, 3.05) is 10.8 Å². The second-order valence-electron chi connectivity index (χ2n) is 9.92. The molecule has 0 saturated heterocycles. The van der Waals surface area contributed by atoms with Gasteiger partial charge in [0.2, 0.25) is 11.8 Å². The lowest BCUT2D eigenvalue weighted by Crippen LogP contribution is -2.53. The minimum absolute atomic E-state index is 0.0505. The molecule has 2 amide bonds. The van der Waals surface area contributed by atoms with E-state index in [9.17, 15) is 18.0 Å². The van der Waals surface area contributed by atoms with Gasteiger partial charge < -0.3 is 10.2 Å². The lowest BCUT2D eigenvalue weighted by atomic mass is 10.1. The molecule has 0 aliphatic carbocycles. The third-order valence-electron chi connectivity index (χ3n) is 6.69. The van der Waals surface area contributed by atoms with E-state index in [1.54, 1.807) is 30.3 Å². The number of carbonyl (C=O) groups is 2. The Morgan fingerprint density at radius 1 is 0.846 bits per heavy atom. The lowest BCUT2D eigenvalue weighted by molar-refractivity contribution is -0.140. The number of nitrogens with zero attached hydrogens (tertiary/aromatic N) is 2. The summed E-state index contributed by atoms with van der Waals surface area (Å²) in [6, 6.07) is 22.2. The Labute approximate surface area is 232 Å². The molecular weight excluding hydrogens is 510 g/mol. The number of hydrogen-bond donors (Lipinski definition) is 1. The maximum atomic E-state index is 14.1. The van der Waals surface area contributed by atoms with E-state index in [1.807, 2.05) is 71.0 Å². The molecule has 208 valence electrons. The maximum absolute atomic E-state index is 14.1. The first-order valence-electron chi connectivity index (χ1n) is 13.4. The number of hydrogen-bond acceptors (Lipinski definition) is 4. The van der Waals surface area contributed by atoms with Crippen LogP contribution in [0.15, 0.2) is 83.8 Å². The molecule has 7 nitrogen and oxygen atoms in total. The topological polar surface area (TPSA) is 86.8 Å². The van der Waals surface area contributed by atoms with Gasteiger partial charge in [-0.1, -0.05) is 68.4 Å². The fourth-order valence-electron chi connectivity index (χ4n) is 4.48. The molecule has 0 radical (unpaired) electrons. The average molecular weight is 550 g/mol. The molecule has 0 heterocycles. The summed E-state index contributed by atoms with van der Waals surface area (Å²) in [4.78, 5) is 29.0. The molecule has 8 heteroatoms. The van der Waals surface area contributed by atoms with Crippen LogP contribution in [0.5, 0.6) is 0 Å². The van der Waals surface area contributed by atoms with E-state index >= 15 is 0 Å². The van der Waals surface area contributed by atoms with Gasteiger partial charge in [0, 0.05) is 12.6 Å². The van der Waals surface area contributed by atoms with Gasteiger partial charge in [-0.15, -0.1) is 0 Å². The van der Waals surface area contributed by atoms with E-state index in [2.05, 4.69) is 5.32 Å². The molecule has 0 saturated carbocycles. The predicted octanol–water partition coefficient (Wildman–Crippen LogP) is 5.22. The first kappa shape index (κ1) is 29.9. The molecule has 3 aromatic rings. The van der Waals surface area contributed by atoms with Gasteiger partial charge in [-0.05, 0) is 74.6 Å². The number of rotatable bonds is 12. The van der Waals surface area contributed by atoms with Gasteiger partial charge in [0.15, 0.2) is 0 Å². The van der Waals surface area contributed by atoms with Gasteiger partial charge in [0.25, 0.3) is 10.0 Å². The molecule has 0 fully saturated rings. The Balaban J connectivity index is 2.06. The molecule has 1 N–H and O–H groups in total. The van der Waals surface area contributed by atoms with Crippen molar-refractivity contribution in [2.45, 2.75) is 71.0 Å². The number of amides is 2. The summed E-state index contributed by atoms with van der Waals surface area (Å²) >= 11 is 0. The van der Waals surface area contributed by atoms with Crippen LogP contribution in [0.1, 0.15) is 50.3 Å². The summed E-state index contributed by atoms with van der Waals surface area (Å²) in [5.74, 6) is -0.705. The summed E-state index contributed by atoms with van der Waals surface area (Å²) in [6.07, 6.45) is 1.14. The van der Waals surface area contributed by atoms with E-state index in [0.717, 1.165) is 27.4 Å². The van der Waals surface area contributed by atoms with Crippen LogP contribution in [0.2, 0.25) is 0 Å². The third kappa shape index (κ3) is 7.69. The number of aryl methyl sites for hydroxylation is 2. The number of benzene rings is 3. The Morgan fingerprint density at radius 3 is 1.95 bits per heavy atom. The van der Waals surface area contributed by atoms with E-state index in [-0.39, 0.29) is 23.4 Å². The average Bonchev–Trinajstić information content (AvgIpc) is 2.91. The molecule has 0 aliphatic rings. The zero-order chi connectivity index (χ0) is 28.6. The largest absolute Gasteiger partial charge is 0.352 e. The molecule has 0 unspecified atom stereocenters. The van der Waals surface area contributed by atoms with Gasteiger partial charge in [0.05, 0.1) is 10.6 Å². The van der Waals surface area contributed by atoms with Crippen LogP contribution in [0, 0.1) is 13.8 Å². The highest BCUT2D eigenvalue weighted by Crippen LogP contribution is 2.27. The smallest absolute Gasteiger partial charge is 0.264 e. The van der Waals surface area contributed by atoms with E-state index in [1.165, 1.54) is 17.0 Å². The zero-order valence-corrected chi connectivity index (χ0v) is 24.2. The van der Waals surface area contributed by atoms with Crippen LogP contribution in [0.3, 0.4) is 0 Å². The Bertz CT molecular complexity index is 1340. The van der Waals surface area contributed by atoms with Crippen LogP contribution < -0.4 is 9.62 Å².